The van der Waals surface area contributed by atoms with E-state index >= 15 is 0 Å². The Hall–Kier alpha value is -3.06. The van der Waals surface area contributed by atoms with Gasteiger partial charge in [-0.15, -0.1) is 0 Å². The minimum absolute atomic E-state index is 0.188. The zero-order valence-corrected chi connectivity index (χ0v) is 17.3. The molecule has 30 heavy (non-hydrogen) atoms. The fraction of sp³-hybridized carbons (Fsp3) is 0.391. The highest BCUT2D eigenvalue weighted by Crippen LogP contribution is 2.21. The van der Waals surface area contributed by atoms with Gasteiger partial charge in [0.1, 0.15) is 0 Å². The van der Waals surface area contributed by atoms with E-state index in [-0.39, 0.29) is 22.6 Å². The van der Waals surface area contributed by atoms with Crippen LogP contribution in [0.5, 0.6) is 0 Å². The molecule has 7 nitrogen and oxygen atoms in total. The summed E-state index contributed by atoms with van der Waals surface area (Å²) in [6.45, 7) is 1.86. The second-order valence-corrected chi connectivity index (χ2v) is 8.17. The number of hydrogen-bond acceptors (Lipinski definition) is 5. The van der Waals surface area contributed by atoms with Crippen LogP contribution in [0.1, 0.15) is 52.4 Å². The summed E-state index contributed by atoms with van der Waals surface area (Å²) in [5.41, 5.74) is -0.195. The lowest BCUT2D eigenvalue weighted by atomic mass is 10.0. The standard InChI is InChI=1S/C23H25N3O4/c1-24-11-3-5-19(6-4-12-24)26-22(29)15-7-9-16-13-18(21(28)25(2)20(16)27)14-17(10-8-15)23(26)30/h7-10,13-14,19H,3-6,11-12H2,1-2H3. The number of hydrogen-bond donors (Lipinski definition) is 0. The molecule has 156 valence electrons. The first kappa shape index (κ1) is 20.2. The summed E-state index contributed by atoms with van der Waals surface area (Å²) in [6.07, 6.45) is 3.28. The van der Waals surface area contributed by atoms with Crippen molar-refractivity contribution in [3.8, 4) is 0 Å². The number of carbonyl (C=O) groups excluding carboxylic acids is 2. The molecule has 0 saturated carbocycles. The Morgan fingerprint density at radius 3 is 2.00 bits per heavy atom. The van der Waals surface area contributed by atoms with E-state index in [0.29, 0.717) is 10.9 Å². The van der Waals surface area contributed by atoms with E-state index < -0.39 is 17.4 Å². The van der Waals surface area contributed by atoms with Gasteiger partial charge in [-0.25, -0.2) is 0 Å². The number of fused-ring (bicyclic) bond motifs is 5. The topological polar surface area (TPSA) is 79.7 Å². The molecule has 0 spiro atoms. The lowest BCUT2D eigenvalue weighted by molar-refractivity contribution is 0.0646. The Bertz CT molecular complexity index is 1180. The summed E-state index contributed by atoms with van der Waals surface area (Å²) in [6, 6.07) is 9.08. The summed E-state index contributed by atoms with van der Waals surface area (Å²) in [5, 5.41) is 0.622. The molecule has 0 unspecified atom stereocenters. The maximum absolute atomic E-state index is 13.4. The third-order valence-corrected chi connectivity index (χ3v) is 6.06. The molecule has 0 radical (unpaired) electrons. The van der Waals surface area contributed by atoms with Crippen molar-refractivity contribution in [1.82, 2.24) is 14.4 Å². The van der Waals surface area contributed by atoms with Crippen LogP contribution in [0.2, 0.25) is 0 Å². The van der Waals surface area contributed by atoms with E-state index in [2.05, 4.69) is 11.9 Å². The van der Waals surface area contributed by atoms with Crippen molar-refractivity contribution in [2.75, 3.05) is 27.2 Å². The van der Waals surface area contributed by atoms with Crippen LogP contribution >= 0.6 is 0 Å². The Labute approximate surface area is 174 Å². The SMILES string of the molecule is CN1CCCC(n2c(=O)c3ccc4cc(cc(cc3)c2=O)C(=O)N(C)C4=O)CCC1. The molecule has 2 aliphatic heterocycles. The first-order chi connectivity index (χ1) is 14.4. The van der Waals surface area contributed by atoms with Gasteiger partial charge in [0.2, 0.25) is 0 Å². The van der Waals surface area contributed by atoms with Gasteiger partial charge >= 0.3 is 0 Å². The number of amides is 2. The monoisotopic (exact) mass is 407 g/mol. The van der Waals surface area contributed by atoms with Crippen molar-refractivity contribution in [1.29, 1.82) is 0 Å². The van der Waals surface area contributed by atoms with Gasteiger partial charge in [-0.3, -0.25) is 28.6 Å². The lowest BCUT2D eigenvalue weighted by Crippen LogP contribution is -2.36. The number of carbonyl (C=O) groups is 2. The first-order valence-electron chi connectivity index (χ1n) is 10.3. The Morgan fingerprint density at radius 1 is 0.733 bits per heavy atom. The molecule has 2 aromatic rings. The predicted molar refractivity (Wildman–Crippen MR) is 115 cm³/mol. The van der Waals surface area contributed by atoms with Crippen molar-refractivity contribution in [2.45, 2.75) is 31.7 Å². The van der Waals surface area contributed by atoms with Crippen LogP contribution in [0.15, 0.2) is 46.0 Å². The lowest BCUT2D eigenvalue weighted by Gasteiger charge is -2.25. The number of likely N-dealkylation sites (tertiary alicyclic amines) is 1. The highest BCUT2D eigenvalue weighted by molar-refractivity contribution is 6.14. The summed E-state index contributed by atoms with van der Waals surface area (Å²) in [7, 11) is 3.49. The van der Waals surface area contributed by atoms with Gasteiger partial charge in [-0.05, 0) is 82.2 Å². The molecule has 7 heteroatoms. The maximum Gasteiger partial charge on any atom is 0.261 e. The van der Waals surface area contributed by atoms with Crippen molar-refractivity contribution < 1.29 is 9.59 Å². The fourth-order valence-electron chi connectivity index (χ4n) is 4.31. The molecule has 1 fully saturated rings. The van der Waals surface area contributed by atoms with Crippen LogP contribution in [0.4, 0.5) is 0 Å². The van der Waals surface area contributed by atoms with E-state index in [9.17, 15) is 19.2 Å². The highest BCUT2D eigenvalue weighted by Gasteiger charge is 2.25. The van der Waals surface area contributed by atoms with Crippen molar-refractivity contribution >= 4 is 22.6 Å². The van der Waals surface area contributed by atoms with Crippen LogP contribution < -0.4 is 11.1 Å². The third-order valence-electron chi connectivity index (χ3n) is 6.06. The molecule has 2 amide bonds. The van der Waals surface area contributed by atoms with Gasteiger partial charge in [-0.2, -0.15) is 0 Å². The summed E-state index contributed by atoms with van der Waals surface area (Å²) in [5.74, 6) is -0.899. The normalized spacial score (nSPS) is 18.3. The molecule has 4 rings (SSSR count). The van der Waals surface area contributed by atoms with Crippen LogP contribution in [-0.4, -0.2) is 53.4 Å². The van der Waals surface area contributed by atoms with Crippen molar-refractivity contribution in [3.05, 3.63) is 68.2 Å². The molecule has 1 aromatic heterocycles. The Morgan fingerprint density at radius 2 is 1.30 bits per heavy atom. The predicted octanol–water partition coefficient (Wildman–Crippen LogP) is 2.20. The summed E-state index contributed by atoms with van der Waals surface area (Å²) < 4.78 is 1.37. The van der Waals surface area contributed by atoms with Gasteiger partial charge in [0.15, 0.2) is 0 Å². The molecule has 0 atom stereocenters. The van der Waals surface area contributed by atoms with Gasteiger partial charge in [0.05, 0.1) is 0 Å². The molecule has 0 aliphatic carbocycles. The van der Waals surface area contributed by atoms with E-state index in [1.807, 2.05) is 0 Å². The molecule has 2 aliphatic rings. The minimum Gasteiger partial charge on any atom is -0.306 e. The van der Waals surface area contributed by atoms with Crippen LogP contribution in [0, 0.1) is 0 Å². The summed E-state index contributed by atoms with van der Waals surface area (Å²) >= 11 is 0. The summed E-state index contributed by atoms with van der Waals surface area (Å²) in [4.78, 5) is 55.1. The van der Waals surface area contributed by atoms with E-state index in [1.165, 1.54) is 23.7 Å². The smallest absolute Gasteiger partial charge is 0.261 e. The van der Waals surface area contributed by atoms with Crippen molar-refractivity contribution in [3.63, 3.8) is 0 Å². The van der Waals surface area contributed by atoms with Crippen LogP contribution in [0.25, 0.3) is 10.8 Å². The molecule has 1 saturated heterocycles. The molecular formula is C23H25N3O4. The second kappa shape index (κ2) is 7.99. The first-order valence-corrected chi connectivity index (χ1v) is 10.3. The number of aromatic nitrogens is 1. The Balaban J connectivity index is 2.00. The second-order valence-electron chi connectivity index (χ2n) is 8.17. The van der Waals surface area contributed by atoms with Crippen LogP contribution in [-0.2, 0) is 0 Å². The van der Waals surface area contributed by atoms with Gasteiger partial charge in [-0.1, -0.05) is 0 Å². The Kier molecular flexibility index (Phi) is 5.39. The van der Waals surface area contributed by atoms with Gasteiger partial charge in [0.25, 0.3) is 22.9 Å². The van der Waals surface area contributed by atoms with E-state index in [0.717, 1.165) is 43.7 Å². The average molecular weight is 407 g/mol. The molecular weight excluding hydrogens is 382 g/mol. The third kappa shape index (κ3) is 3.61. The highest BCUT2D eigenvalue weighted by atomic mass is 16.2. The van der Waals surface area contributed by atoms with E-state index in [4.69, 9.17) is 0 Å². The van der Waals surface area contributed by atoms with E-state index in [1.54, 1.807) is 24.3 Å². The molecule has 1 aromatic carbocycles. The molecule has 3 heterocycles. The average Bonchev–Trinajstić information content (AvgIpc) is 2.82. The van der Waals surface area contributed by atoms with Gasteiger partial charge in [0, 0.05) is 35.0 Å². The minimum atomic E-state index is -0.466. The zero-order chi connectivity index (χ0) is 21.4. The maximum atomic E-state index is 13.4. The van der Waals surface area contributed by atoms with Gasteiger partial charge < -0.3 is 4.90 Å². The van der Waals surface area contributed by atoms with Crippen molar-refractivity contribution in [2.24, 2.45) is 0 Å². The zero-order valence-electron chi connectivity index (χ0n) is 17.3. The number of imide groups is 1. The largest absolute Gasteiger partial charge is 0.306 e. The quantitative estimate of drug-likeness (QED) is 0.677. The molecule has 4 bridgehead atoms. The number of rotatable bonds is 1. The fourth-order valence-corrected chi connectivity index (χ4v) is 4.31. The molecule has 0 N–H and O–H groups in total. The van der Waals surface area contributed by atoms with Crippen LogP contribution in [0.3, 0.4) is 0 Å². The number of nitrogens with zero attached hydrogens (tertiary/aromatic N) is 3.